The van der Waals surface area contributed by atoms with Gasteiger partial charge >= 0.3 is 11.6 Å². The number of ether oxygens (including phenoxy) is 1. The number of nitro groups is 1. The number of aromatic nitrogens is 4. The third-order valence-electron chi connectivity index (χ3n) is 3.62. The van der Waals surface area contributed by atoms with Gasteiger partial charge in [-0.15, -0.1) is 5.10 Å². The number of rotatable bonds is 7. The van der Waals surface area contributed by atoms with Gasteiger partial charge < -0.3 is 9.64 Å². The van der Waals surface area contributed by atoms with Gasteiger partial charge in [-0.1, -0.05) is 0 Å². The molecule has 0 spiro atoms. The van der Waals surface area contributed by atoms with Gasteiger partial charge in [-0.3, -0.25) is 19.6 Å². The summed E-state index contributed by atoms with van der Waals surface area (Å²) in [5.74, 6) is -0.356. The van der Waals surface area contributed by atoms with E-state index in [-0.39, 0.29) is 17.5 Å². The van der Waals surface area contributed by atoms with E-state index >= 15 is 0 Å². The highest BCUT2D eigenvalue weighted by atomic mass is 16.6. The van der Waals surface area contributed by atoms with Crippen molar-refractivity contribution in [3.8, 4) is 5.88 Å². The summed E-state index contributed by atoms with van der Waals surface area (Å²) >= 11 is 0. The van der Waals surface area contributed by atoms with Crippen LogP contribution in [0, 0.1) is 10.1 Å². The summed E-state index contributed by atoms with van der Waals surface area (Å²) in [6.07, 6.45) is 3.04. The third-order valence-corrected chi connectivity index (χ3v) is 3.62. The Bertz CT molecular complexity index is 737. The van der Waals surface area contributed by atoms with Gasteiger partial charge in [0.1, 0.15) is 12.2 Å². The molecule has 0 N–H and O–H groups in total. The van der Waals surface area contributed by atoms with Crippen LogP contribution in [0.1, 0.15) is 25.6 Å². The molecule has 10 nitrogen and oxygen atoms in total. The zero-order valence-corrected chi connectivity index (χ0v) is 14.0. The number of carbonyl (C=O) groups excluding carboxylic acids is 1. The minimum Gasteiger partial charge on any atom is -0.475 e. The Labute approximate surface area is 138 Å². The summed E-state index contributed by atoms with van der Waals surface area (Å²) in [7, 11) is 2.95. The van der Waals surface area contributed by atoms with E-state index in [1.807, 2.05) is 19.2 Å². The molecule has 0 aliphatic heterocycles. The molecule has 10 heteroatoms. The SMILES string of the molecule is CCn1ccc(CN(C)C(=O)C(C)n2cc([N+](=O)[O-])c(OC)n2)n1. The molecule has 130 valence electrons. The van der Waals surface area contributed by atoms with E-state index in [0.717, 1.165) is 12.2 Å². The normalized spacial score (nSPS) is 12.0. The number of methoxy groups -OCH3 is 1. The first-order valence-corrected chi connectivity index (χ1v) is 7.42. The maximum atomic E-state index is 12.5. The van der Waals surface area contributed by atoms with Gasteiger partial charge in [0, 0.05) is 19.8 Å². The van der Waals surface area contributed by atoms with Crippen molar-refractivity contribution in [3.63, 3.8) is 0 Å². The second-order valence-electron chi connectivity index (χ2n) is 5.29. The topological polar surface area (TPSA) is 108 Å². The molecule has 0 aromatic carbocycles. The van der Waals surface area contributed by atoms with Crippen LogP contribution in [-0.2, 0) is 17.9 Å². The average Bonchev–Trinajstić information content (AvgIpc) is 3.19. The molecule has 0 fully saturated rings. The van der Waals surface area contributed by atoms with Gasteiger partial charge in [-0.25, -0.2) is 4.68 Å². The van der Waals surface area contributed by atoms with Crippen LogP contribution in [0.2, 0.25) is 0 Å². The van der Waals surface area contributed by atoms with Crippen molar-refractivity contribution in [3.05, 3.63) is 34.3 Å². The Balaban J connectivity index is 2.11. The fraction of sp³-hybridized carbons (Fsp3) is 0.500. The molecular weight excluding hydrogens is 316 g/mol. The number of hydrogen-bond acceptors (Lipinski definition) is 6. The second kappa shape index (κ2) is 7.11. The van der Waals surface area contributed by atoms with Gasteiger partial charge in [0.15, 0.2) is 0 Å². The van der Waals surface area contributed by atoms with Crippen molar-refractivity contribution < 1.29 is 14.5 Å². The molecule has 0 aliphatic carbocycles. The largest absolute Gasteiger partial charge is 0.475 e. The van der Waals surface area contributed by atoms with Gasteiger partial charge in [-0.2, -0.15) is 5.10 Å². The molecule has 2 aromatic heterocycles. The van der Waals surface area contributed by atoms with Crippen molar-refractivity contribution in [1.29, 1.82) is 0 Å². The maximum absolute atomic E-state index is 12.5. The molecule has 24 heavy (non-hydrogen) atoms. The molecule has 0 saturated heterocycles. The second-order valence-corrected chi connectivity index (χ2v) is 5.29. The molecule has 1 atom stereocenters. The van der Waals surface area contributed by atoms with Gasteiger partial charge in [0.25, 0.3) is 0 Å². The number of carbonyl (C=O) groups is 1. The van der Waals surface area contributed by atoms with Gasteiger partial charge in [0.2, 0.25) is 5.91 Å². The fourth-order valence-electron chi connectivity index (χ4n) is 2.25. The van der Waals surface area contributed by atoms with Crippen LogP contribution in [0.4, 0.5) is 5.69 Å². The maximum Gasteiger partial charge on any atom is 0.350 e. The first-order valence-electron chi connectivity index (χ1n) is 7.42. The van der Waals surface area contributed by atoms with Gasteiger partial charge in [-0.05, 0) is 19.9 Å². The number of aryl methyl sites for hydroxylation is 1. The summed E-state index contributed by atoms with van der Waals surface area (Å²) in [6.45, 7) is 4.70. The Hall–Kier alpha value is -2.91. The highest BCUT2D eigenvalue weighted by Crippen LogP contribution is 2.26. The lowest BCUT2D eigenvalue weighted by Crippen LogP contribution is -2.33. The first kappa shape index (κ1) is 17.4. The van der Waals surface area contributed by atoms with Crippen molar-refractivity contribution in [2.24, 2.45) is 0 Å². The molecular formula is C14H20N6O4. The summed E-state index contributed by atoms with van der Waals surface area (Å²) in [6, 6.07) is 1.14. The van der Waals surface area contributed by atoms with Crippen LogP contribution >= 0.6 is 0 Å². The van der Waals surface area contributed by atoms with E-state index in [1.165, 1.54) is 22.9 Å². The summed E-state index contributed by atoms with van der Waals surface area (Å²) in [5, 5.41) is 19.3. The Morgan fingerprint density at radius 3 is 2.71 bits per heavy atom. The molecule has 2 aromatic rings. The highest BCUT2D eigenvalue weighted by Gasteiger charge is 2.26. The quantitative estimate of drug-likeness (QED) is 0.556. The van der Waals surface area contributed by atoms with E-state index in [4.69, 9.17) is 4.74 Å². The predicted octanol–water partition coefficient (Wildman–Crippen LogP) is 1.24. The standard InChI is InChI=1S/C14H20N6O4/c1-5-18-7-6-11(15-18)8-17(3)14(21)10(2)19-9-12(20(22)23)13(16-19)24-4/h6-7,9-10H,5,8H2,1-4H3. The molecule has 1 unspecified atom stereocenters. The lowest BCUT2D eigenvalue weighted by atomic mass is 10.3. The third kappa shape index (κ3) is 3.53. The number of amides is 1. The van der Waals surface area contributed by atoms with E-state index in [2.05, 4.69) is 10.2 Å². The van der Waals surface area contributed by atoms with Crippen LogP contribution in [-0.4, -0.2) is 49.4 Å². The monoisotopic (exact) mass is 336 g/mol. The zero-order chi connectivity index (χ0) is 17.9. The number of likely N-dealkylation sites (N-methyl/N-ethyl adjacent to an activating group) is 1. The van der Waals surface area contributed by atoms with Gasteiger partial charge in [0.05, 0.1) is 24.3 Å². The van der Waals surface area contributed by atoms with E-state index in [0.29, 0.717) is 6.54 Å². The van der Waals surface area contributed by atoms with Crippen molar-refractivity contribution >= 4 is 11.6 Å². The molecule has 2 heterocycles. The van der Waals surface area contributed by atoms with Crippen LogP contribution in [0.5, 0.6) is 5.88 Å². The van der Waals surface area contributed by atoms with E-state index in [1.54, 1.807) is 18.7 Å². The van der Waals surface area contributed by atoms with Crippen molar-refractivity contribution in [1.82, 2.24) is 24.5 Å². The number of hydrogen-bond donors (Lipinski definition) is 0. The van der Waals surface area contributed by atoms with Crippen molar-refractivity contribution in [2.45, 2.75) is 33.0 Å². The molecule has 2 rings (SSSR count). The fourth-order valence-corrected chi connectivity index (χ4v) is 2.25. The Morgan fingerprint density at radius 2 is 2.21 bits per heavy atom. The summed E-state index contributed by atoms with van der Waals surface area (Å²) in [5.41, 5.74) is 0.491. The first-order chi connectivity index (χ1) is 11.4. The van der Waals surface area contributed by atoms with Crippen molar-refractivity contribution in [2.75, 3.05) is 14.2 Å². The van der Waals surface area contributed by atoms with E-state index in [9.17, 15) is 14.9 Å². The Kier molecular flexibility index (Phi) is 5.17. The summed E-state index contributed by atoms with van der Waals surface area (Å²) in [4.78, 5) is 24.4. The summed E-state index contributed by atoms with van der Waals surface area (Å²) < 4.78 is 7.89. The Morgan fingerprint density at radius 1 is 1.50 bits per heavy atom. The minimum atomic E-state index is -0.703. The van der Waals surface area contributed by atoms with Crippen LogP contribution < -0.4 is 4.74 Å². The average molecular weight is 336 g/mol. The highest BCUT2D eigenvalue weighted by molar-refractivity contribution is 5.79. The lowest BCUT2D eigenvalue weighted by Gasteiger charge is -2.20. The predicted molar refractivity (Wildman–Crippen MR) is 84.5 cm³/mol. The molecule has 0 saturated carbocycles. The molecule has 0 bridgehead atoms. The van der Waals surface area contributed by atoms with Crippen LogP contribution in [0.15, 0.2) is 18.5 Å². The molecule has 0 aliphatic rings. The lowest BCUT2D eigenvalue weighted by molar-refractivity contribution is -0.385. The smallest absolute Gasteiger partial charge is 0.350 e. The van der Waals surface area contributed by atoms with E-state index < -0.39 is 11.0 Å². The molecule has 1 amide bonds. The number of nitrogens with zero attached hydrogens (tertiary/aromatic N) is 6. The van der Waals surface area contributed by atoms with Crippen LogP contribution in [0.3, 0.4) is 0 Å². The zero-order valence-electron chi connectivity index (χ0n) is 14.0. The minimum absolute atomic E-state index is 0.121. The van der Waals surface area contributed by atoms with Crippen LogP contribution in [0.25, 0.3) is 0 Å². The molecule has 0 radical (unpaired) electrons.